The third-order valence-electron chi connectivity index (χ3n) is 5.39. The number of benzene rings is 1. The minimum Gasteiger partial charge on any atom is -0.335 e. The van der Waals surface area contributed by atoms with Crippen molar-refractivity contribution in [1.29, 1.82) is 0 Å². The molecule has 0 spiro atoms. The molecule has 31 heavy (non-hydrogen) atoms. The van der Waals surface area contributed by atoms with Crippen LogP contribution in [0.2, 0.25) is 0 Å². The van der Waals surface area contributed by atoms with E-state index in [0.717, 1.165) is 48.4 Å². The maximum absolute atomic E-state index is 12.7. The van der Waals surface area contributed by atoms with E-state index in [1.807, 2.05) is 0 Å². The number of hydrogen-bond acceptors (Lipinski definition) is 4. The molecular formula is C20H22F3N5O2S. The number of nitrogens with zero attached hydrogens (tertiary/aromatic N) is 2. The fraction of sp³-hybridized carbons (Fsp3) is 0.450. The molecule has 1 fully saturated rings. The van der Waals surface area contributed by atoms with Gasteiger partial charge in [-0.25, -0.2) is 14.6 Å². The number of carbonyl (C=O) groups is 2. The van der Waals surface area contributed by atoms with Crippen molar-refractivity contribution in [2.75, 3.05) is 17.2 Å². The Morgan fingerprint density at radius 2 is 1.81 bits per heavy atom. The first-order valence-corrected chi connectivity index (χ1v) is 10.9. The van der Waals surface area contributed by atoms with Crippen molar-refractivity contribution in [3.63, 3.8) is 0 Å². The number of thiazole rings is 1. The molecule has 0 saturated heterocycles. The Bertz CT molecular complexity index is 955. The van der Waals surface area contributed by atoms with Crippen LogP contribution in [0.5, 0.6) is 0 Å². The monoisotopic (exact) mass is 453 g/mol. The van der Waals surface area contributed by atoms with Gasteiger partial charge < -0.3 is 15.5 Å². The van der Waals surface area contributed by atoms with Gasteiger partial charge in [-0.05, 0) is 37.1 Å². The zero-order valence-corrected chi connectivity index (χ0v) is 17.4. The van der Waals surface area contributed by atoms with Gasteiger partial charge in [-0.1, -0.05) is 24.2 Å². The van der Waals surface area contributed by atoms with Crippen LogP contribution in [0.4, 0.5) is 33.6 Å². The molecule has 0 bridgehead atoms. The normalized spacial score (nSPS) is 16.7. The van der Waals surface area contributed by atoms with Gasteiger partial charge in [0.15, 0.2) is 5.13 Å². The lowest BCUT2D eigenvalue weighted by Crippen LogP contribution is -2.38. The van der Waals surface area contributed by atoms with Gasteiger partial charge in [-0.3, -0.25) is 5.32 Å². The van der Waals surface area contributed by atoms with Gasteiger partial charge in [-0.15, -0.1) is 0 Å². The number of carbonyl (C=O) groups excluding carboxylic acids is 2. The van der Waals surface area contributed by atoms with Gasteiger partial charge >= 0.3 is 18.2 Å². The van der Waals surface area contributed by atoms with Crippen LogP contribution in [0.15, 0.2) is 24.3 Å². The summed E-state index contributed by atoms with van der Waals surface area (Å²) >= 11 is 1.32. The first-order valence-electron chi connectivity index (χ1n) is 10.1. The standard InChI is InChI=1S/C20H22F3N5O2S/c21-20(22,23)12-5-7-14(8-6-12)25-19(30)28-10-9-15-16(11-28)31-18(26-15)27-17(29)24-13-3-1-2-4-13/h5-8,13H,1-4,9-11H2,(H,25,30)(H2,24,26,27,29). The number of aromatic nitrogens is 1. The Labute approximate surface area is 181 Å². The minimum absolute atomic E-state index is 0.207. The Hall–Kier alpha value is -2.82. The second-order valence-electron chi connectivity index (χ2n) is 7.65. The van der Waals surface area contributed by atoms with E-state index in [2.05, 4.69) is 20.9 Å². The quantitative estimate of drug-likeness (QED) is 0.623. The number of amides is 4. The van der Waals surface area contributed by atoms with Crippen molar-refractivity contribution in [3.8, 4) is 0 Å². The Morgan fingerprint density at radius 3 is 2.48 bits per heavy atom. The molecule has 0 radical (unpaired) electrons. The van der Waals surface area contributed by atoms with Crippen LogP contribution >= 0.6 is 11.3 Å². The van der Waals surface area contributed by atoms with Crippen molar-refractivity contribution in [3.05, 3.63) is 40.4 Å². The molecule has 7 nitrogen and oxygen atoms in total. The third-order valence-corrected chi connectivity index (χ3v) is 6.39. The van der Waals surface area contributed by atoms with Crippen molar-refractivity contribution in [2.24, 2.45) is 0 Å². The van der Waals surface area contributed by atoms with Gasteiger partial charge in [0, 0.05) is 29.6 Å². The highest BCUT2D eigenvalue weighted by Gasteiger charge is 2.30. The number of urea groups is 2. The van der Waals surface area contributed by atoms with E-state index in [4.69, 9.17) is 0 Å². The second kappa shape index (κ2) is 8.74. The summed E-state index contributed by atoms with van der Waals surface area (Å²) in [6, 6.07) is 3.87. The number of rotatable bonds is 3. The molecule has 1 aromatic heterocycles. The summed E-state index contributed by atoms with van der Waals surface area (Å²) < 4.78 is 38.0. The zero-order valence-electron chi connectivity index (χ0n) is 16.6. The summed E-state index contributed by atoms with van der Waals surface area (Å²) in [5.74, 6) is 0. The number of fused-ring (bicyclic) bond motifs is 1. The minimum atomic E-state index is -4.42. The Kier molecular flexibility index (Phi) is 6.03. The fourth-order valence-electron chi connectivity index (χ4n) is 3.76. The molecule has 1 aromatic carbocycles. The van der Waals surface area contributed by atoms with E-state index in [1.54, 1.807) is 4.90 Å². The van der Waals surface area contributed by atoms with Crippen LogP contribution in [-0.2, 0) is 19.1 Å². The van der Waals surface area contributed by atoms with E-state index in [0.29, 0.717) is 30.3 Å². The van der Waals surface area contributed by atoms with Gasteiger partial charge in [0.05, 0.1) is 17.8 Å². The molecule has 4 rings (SSSR count). The lowest BCUT2D eigenvalue weighted by molar-refractivity contribution is -0.137. The molecule has 11 heteroatoms. The molecule has 2 aromatic rings. The summed E-state index contributed by atoms with van der Waals surface area (Å²) in [7, 11) is 0. The van der Waals surface area contributed by atoms with E-state index in [1.165, 1.54) is 23.5 Å². The second-order valence-corrected chi connectivity index (χ2v) is 8.73. The SMILES string of the molecule is O=C(Nc1nc2c(s1)CN(C(=O)Nc1ccc(C(F)(F)F)cc1)CC2)NC1CCCC1. The van der Waals surface area contributed by atoms with Crippen molar-refractivity contribution in [2.45, 2.75) is 50.9 Å². The van der Waals surface area contributed by atoms with E-state index < -0.39 is 17.8 Å². The molecule has 3 N–H and O–H groups in total. The molecule has 166 valence electrons. The number of alkyl halides is 3. The van der Waals surface area contributed by atoms with E-state index in [-0.39, 0.29) is 12.1 Å². The number of halogens is 3. The summed E-state index contributed by atoms with van der Waals surface area (Å²) in [5.41, 5.74) is 0.369. The molecule has 0 atom stereocenters. The van der Waals surface area contributed by atoms with E-state index >= 15 is 0 Å². The molecule has 2 heterocycles. The van der Waals surface area contributed by atoms with Crippen LogP contribution in [0.1, 0.15) is 41.8 Å². The maximum Gasteiger partial charge on any atom is 0.416 e. The Balaban J connectivity index is 1.33. The van der Waals surface area contributed by atoms with Crippen LogP contribution in [0.25, 0.3) is 0 Å². The average Bonchev–Trinajstić information content (AvgIpc) is 3.36. The van der Waals surface area contributed by atoms with Gasteiger partial charge in [0.25, 0.3) is 0 Å². The van der Waals surface area contributed by atoms with Crippen molar-refractivity contribution in [1.82, 2.24) is 15.2 Å². The summed E-state index contributed by atoms with van der Waals surface area (Å²) in [4.78, 5) is 31.6. The predicted octanol–water partition coefficient (Wildman–Crippen LogP) is 4.82. The molecule has 2 aliphatic rings. The highest BCUT2D eigenvalue weighted by Crippen LogP contribution is 2.31. The number of nitrogens with one attached hydrogen (secondary N) is 3. The first-order chi connectivity index (χ1) is 14.8. The lowest BCUT2D eigenvalue weighted by Gasteiger charge is -2.26. The molecule has 1 aliphatic heterocycles. The third kappa shape index (κ3) is 5.27. The topological polar surface area (TPSA) is 86.4 Å². The van der Waals surface area contributed by atoms with Gasteiger partial charge in [0.2, 0.25) is 0 Å². The molecule has 4 amide bonds. The summed E-state index contributed by atoms with van der Waals surface area (Å²) in [5, 5.41) is 8.84. The van der Waals surface area contributed by atoms with Crippen LogP contribution in [0.3, 0.4) is 0 Å². The highest BCUT2D eigenvalue weighted by atomic mass is 32.1. The highest BCUT2D eigenvalue weighted by molar-refractivity contribution is 7.15. The molecule has 1 aliphatic carbocycles. The molecule has 1 saturated carbocycles. The van der Waals surface area contributed by atoms with Crippen LogP contribution in [0, 0.1) is 0 Å². The fourth-order valence-corrected chi connectivity index (χ4v) is 4.77. The van der Waals surface area contributed by atoms with Crippen molar-refractivity contribution < 1.29 is 22.8 Å². The lowest BCUT2D eigenvalue weighted by atomic mass is 10.2. The molecular weight excluding hydrogens is 431 g/mol. The maximum atomic E-state index is 12.7. The van der Waals surface area contributed by atoms with Gasteiger partial charge in [-0.2, -0.15) is 13.2 Å². The summed E-state index contributed by atoms with van der Waals surface area (Å²) in [6.07, 6.45) is 0.354. The van der Waals surface area contributed by atoms with Crippen LogP contribution < -0.4 is 16.0 Å². The largest absolute Gasteiger partial charge is 0.416 e. The average molecular weight is 453 g/mol. The summed E-state index contributed by atoms with van der Waals surface area (Å²) in [6.45, 7) is 0.752. The molecule has 0 unspecified atom stereocenters. The number of hydrogen-bond donors (Lipinski definition) is 3. The smallest absolute Gasteiger partial charge is 0.335 e. The Morgan fingerprint density at radius 1 is 1.10 bits per heavy atom. The first kappa shape index (κ1) is 21.4. The zero-order chi connectivity index (χ0) is 22.0. The predicted molar refractivity (Wildman–Crippen MR) is 111 cm³/mol. The number of anilines is 2. The van der Waals surface area contributed by atoms with Gasteiger partial charge in [0.1, 0.15) is 0 Å². The van der Waals surface area contributed by atoms with E-state index in [9.17, 15) is 22.8 Å². The van der Waals surface area contributed by atoms with Crippen molar-refractivity contribution >= 4 is 34.2 Å². The van der Waals surface area contributed by atoms with Crippen LogP contribution in [-0.4, -0.2) is 34.5 Å².